The summed E-state index contributed by atoms with van der Waals surface area (Å²) in [5.74, 6) is 0. The molecule has 0 aliphatic carbocycles. The van der Waals surface area contributed by atoms with Crippen LogP contribution in [0.2, 0.25) is 13.3 Å². The Bertz CT molecular complexity index is 361. The summed E-state index contributed by atoms with van der Waals surface area (Å²) in [4.78, 5) is 1.67. The molecule has 0 aliphatic rings. The van der Waals surface area contributed by atoms with Gasteiger partial charge in [0.25, 0.3) is 0 Å². The van der Waals surface area contributed by atoms with Gasteiger partial charge in [0, 0.05) is 0 Å². The van der Waals surface area contributed by atoms with Crippen LogP contribution in [-0.4, -0.2) is 18.4 Å². The van der Waals surface area contributed by atoms with Gasteiger partial charge in [-0.3, -0.25) is 0 Å². The fraction of sp³-hybridized carbons (Fsp3) is 0.800. The van der Waals surface area contributed by atoms with E-state index < -0.39 is 18.4 Å². The van der Waals surface area contributed by atoms with Gasteiger partial charge in [-0.1, -0.05) is 0 Å². The van der Waals surface area contributed by atoms with Crippen molar-refractivity contribution in [2.45, 2.75) is 98.8 Å². The summed E-state index contributed by atoms with van der Waals surface area (Å²) in [5, 5.41) is 0. The molecule has 0 amide bonds. The van der Waals surface area contributed by atoms with Crippen molar-refractivity contribution in [3.8, 4) is 0 Å². The molecule has 128 valence electrons. The number of aryl methyl sites for hydroxylation is 1. The molecule has 0 aromatic carbocycles. The zero-order valence-electron chi connectivity index (χ0n) is 15.5. The fourth-order valence-corrected chi connectivity index (χ4v) is 23.8. The van der Waals surface area contributed by atoms with Crippen molar-refractivity contribution in [2.75, 3.05) is 0 Å². The van der Waals surface area contributed by atoms with E-state index in [0.717, 1.165) is 0 Å². The molecule has 0 radical (unpaired) electrons. The number of thiophene rings is 1. The van der Waals surface area contributed by atoms with Gasteiger partial charge in [0.15, 0.2) is 0 Å². The Morgan fingerprint density at radius 1 is 0.727 bits per heavy atom. The van der Waals surface area contributed by atoms with E-state index in [2.05, 4.69) is 51.2 Å². The predicted octanol–water partition coefficient (Wildman–Crippen LogP) is 7.15. The number of hydrogen-bond acceptors (Lipinski definition) is 1. The van der Waals surface area contributed by atoms with Crippen LogP contribution in [0.15, 0.2) is 12.1 Å². The van der Waals surface area contributed by atoms with Gasteiger partial charge in [-0.2, -0.15) is 0 Å². The summed E-state index contributed by atoms with van der Waals surface area (Å²) in [6, 6.07) is 5.05. The van der Waals surface area contributed by atoms with Gasteiger partial charge in [-0.05, 0) is 0 Å². The topological polar surface area (TPSA) is 0 Å². The maximum atomic E-state index is 2.58. The first-order chi connectivity index (χ1) is 10.7. The van der Waals surface area contributed by atoms with Gasteiger partial charge in [0.2, 0.25) is 0 Å². The number of hydrogen-bond donors (Lipinski definition) is 0. The van der Waals surface area contributed by atoms with E-state index in [1.165, 1.54) is 57.8 Å². The number of rotatable bonds is 13. The first-order valence-corrected chi connectivity index (χ1v) is 18.1. The molecule has 2 heteroatoms. The molecule has 0 unspecified atom stereocenters. The maximum absolute atomic E-state index is 2.58. The Morgan fingerprint density at radius 3 is 1.68 bits per heavy atom. The molecule has 0 atom stereocenters. The van der Waals surface area contributed by atoms with Crippen LogP contribution in [0.3, 0.4) is 0 Å². The Labute approximate surface area is 148 Å². The normalized spacial score (nSPS) is 12.0. The van der Waals surface area contributed by atoms with Gasteiger partial charge in [-0.25, -0.2) is 0 Å². The van der Waals surface area contributed by atoms with Gasteiger partial charge in [0.05, 0.1) is 0 Å². The minimum atomic E-state index is -2.11. The average Bonchev–Trinajstić information content (AvgIpc) is 3.02. The van der Waals surface area contributed by atoms with Crippen LogP contribution in [0.1, 0.15) is 83.9 Å². The summed E-state index contributed by atoms with van der Waals surface area (Å²) in [5.41, 5.74) is 0. The quantitative estimate of drug-likeness (QED) is 0.292. The van der Waals surface area contributed by atoms with Crippen molar-refractivity contribution in [2.24, 2.45) is 0 Å². The van der Waals surface area contributed by atoms with E-state index in [4.69, 9.17) is 0 Å². The van der Waals surface area contributed by atoms with E-state index in [0.29, 0.717) is 0 Å². The molecule has 0 spiro atoms. The molecule has 1 aromatic rings. The van der Waals surface area contributed by atoms with Crippen LogP contribution in [0.4, 0.5) is 0 Å². The zero-order chi connectivity index (χ0) is 16.3. The Morgan fingerprint density at radius 2 is 1.23 bits per heavy atom. The zero-order valence-corrected chi connectivity index (χ0v) is 19.2. The third-order valence-corrected chi connectivity index (χ3v) is 24.4. The van der Waals surface area contributed by atoms with Gasteiger partial charge in [0.1, 0.15) is 0 Å². The first-order valence-electron chi connectivity index (χ1n) is 9.81. The van der Waals surface area contributed by atoms with E-state index in [-0.39, 0.29) is 0 Å². The van der Waals surface area contributed by atoms with Gasteiger partial charge >= 0.3 is 148 Å². The van der Waals surface area contributed by atoms with Gasteiger partial charge < -0.3 is 0 Å². The SMILES string of the molecule is CCCCc1cc[c]([Sn]([CH2]CCC)([CH2]CCC)[CH2]CCC)s1. The van der Waals surface area contributed by atoms with Crippen LogP contribution in [0.25, 0.3) is 0 Å². The summed E-state index contributed by atoms with van der Waals surface area (Å²) in [7, 11) is 0. The Balaban J connectivity index is 2.94. The molecule has 0 N–H and O–H groups in total. The second-order valence-electron chi connectivity index (χ2n) is 6.96. The molecule has 0 saturated heterocycles. The summed E-state index contributed by atoms with van der Waals surface area (Å²) in [6.07, 6.45) is 12.6. The van der Waals surface area contributed by atoms with E-state index in [1.807, 2.05) is 2.89 Å². The predicted molar refractivity (Wildman–Crippen MR) is 107 cm³/mol. The van der Waals surface area contributed by atoms with Crippen LogP contribution in [0.5, 0.6) is 0 Å². The summed E-state index contributed by atoms with van der Waals surface area (Å²) < 4.78 is 6.74. The van der Waals surface area contributed by atoms with Crippen molar-refractivity contribution in [3.05, 3.63) is 17.0 Å². The van der Waals surface area contributed by atoms with Crippen LogP contribution >= 0.6 is 11.3 Å². The second-order valence-corrected chi connectivity index (χ2v) is 22.3. The molecule has 0 nitrogen and oxygen atoms in total. The Hall–Kier alpha value is 0.499. The standard InChI is InChI=1S/C8H11S.3C4H9.Sn/c1-2-3-5-8-6-4-7-9-8;3*1-3-4-2;/h4,6H,2-3,5H2,1H3;3*1,3-4H2,2H3;. The summed E-state index contributed by atoms with van der Waals surface area (Å²) >= 11 is 0.111. The van der Waals surface area contributed by atoms with Crippen molar-refractivity contribution < 1.29 is 0 Å². The molecular weight excluding hydrogens is 391 g/mol. The number of unbranched alkanes of at least 4 members (excludes halogenated alkanes) is 4. The molecule has 0 bridgehead atoms. The van der Waals surface area contributed by atoms with Crippen LogP contribution in [0, 0.1) is 0 Å². The Kier molecular flexibility index (Phi) is 11.2. The molecule has 1 rings (SSSR count). The fourth-order valence-electron chi connectivity index (χ4n) is 3.44. The van der Waals surface area contributed by atoms with E-state index in [1.54, 1.807) is 18.2 Å². The molecule has 0 fully saturated rings. The molecular formula is C20H38SSn. The average molecular weight is 429 g/mol. The van der Waals surface area contributed by atoms with Crippen molar-refractivity contribution >= 4 is 32.6 Å². The first kappa shape index (κ1) is 20.5. The van der Waals surface area contributed by atoms with Crippen LogP contribution in [-0.2, 0) is 6.42 Å². The monoisotopic (exact) mass is 430 g/mol. The molecule has 1 heterocycles. The van der Waals surface area contributed by atoms with E-state index in [9.17, 15) is 0 Å². The van der Waals surface area contributed by atoms with E-state index >= 15 is 0 Å². The minimum absolute atomic E-state index is 1.32. The van der Waals surface area contributed by atoms with Crippen molar-refractivity contribution in [3.63, 3.8) is 0 Å². The molecule has 0 aliphatic heterocycles. The third-order valence-electron chi connectivity index (χ3n) is 4.99. The molecule has 1 aromatic heterocycles. The molecule has 22 heavy (non-hydrogen) atoms. The molecule has 0 saturated carbocycles. The van der Waals surface area contributed by atoms with Gasteiger partial charge in [-0.15, -0.1) is 0 Å². The summed E-state index contributed by atoms with van der Waals surface area (Å²) in [6.45, 7) is 9.42. The van der Waals surface area contributed by atoms with Crippen LogP contribution < -0.4 is 2.89 Å². The van der Waals surface area contributed by atoms with Crippen molar-refractivity contribution in [1.29, 1.82) is 0 Å². The second kappa shape index (κ2) is 11.9. The third kappa shape index (κ3) is 6.55. The van der Waals surface area contributed by atoms with Crippen molar-refractivity contribution in [1.82, 2.24) is 0 Å².